The van der Waals surface area contributed by atoms with Crippen LogP contribution in [0.5, 0.6) is 0 Å². The van der Waals surface area contributed by atoms with Gasteiger partial charge in [0.1, 0.15) is 11.0 Å². The highest BCUT2D eigenvalue weighted by molar-refractivity contribution is 7.99. The van der Waals surface area contributed by atoms with Crippen LogP contribution in [0.15, 0.2) is 132 Å². The van der Waals surface area contributed by atoms with E-state index in [1.54, 1.807) is 24.2 Å². The predicted molar refractivity (Wildman–Crippen MR) is 140 cm³/mol. The number of benzene rings is 4. The van der Waals surface area contributed by atoms with E-state index in [9.17, 15) is 0 Å². The van der Waals surface area contributed by atoms with Crippen LogP contribution >= 0.6 is 11.8 Å². The summed E-state index contributed by atoms with van der Waals surface area (Å²) in [5.41, 5.74) is 4.91. The Morgan fingerprint density at radius 2 is 1.09 bits per heavy atom. The summed E-state index contributed by atoms with van der Waals surface area (Å²) in [4.78, 5) is 18.4. The molecular formula is C29H20N4S. The lowest BCUT2D eigenvalue weighted by Crippen LogP contribution is -2.12. The smallest absolute Gasteiger partial charge is 0.114 e. The number of aromatic nitrogens is 3. The van der Waals surface area contributed by atoms with Gasteiger partial charge in [-0.3, -0.25) is 15.0 Å². The molecule has 0 aliphatic rings. The van der Waals surface area contributed by atoms with Crippen LogP contribution in [0, 0.1) is 0 Å². The largest absolute Gasteiger partial charge is 0.308 e. The Labute approximate surface area is 202 Å². The molecule has 0 N–H and O–H groups in total. The maximum absolute atomic E-state index is 4.88. The molecule has 0 aliphatic carbocycles. The lowest BCUT2D eigenvalue weighted by molar-refractivity contribution is 1.24. The lowest BCUT2D eigenvalue weighted by atomic mass is 10.0. The first-order valence-electron chi connectivity index (χ1n) is 11.0. The number of anilines is 3. The fourth-order valence-electron chi connectivity index (χ4n) is 4.24. The van der Waals surface area contributed by atoms with Crippen molar-refractivity contribution in [3.63, 3.8) is 0 Å². The molecule has 0 bridgehead atoms. The molecule has 5 heteroatoms. The first kappa shape index (κ1) is 20.4. The Kier molecular flexibility index (Phi) is 5.38. The highest BCUT2D eigenvalue weighted by atomic mass is 32.2. The molecule has 0 unspecified atom stereocenters. The average molecular weight is 457 g/mol. The van der Waals surface area contributed by atoms with Crippen LogP contribution in [0.3, 0.4) is 0 Å². The van der Waals surface area contributed by atoms with Crippen LogP contribution in [0.2, 0.25) is 0 Å². The average Bonchev–Trinajstić information content (AvgIpc) is 2.92. The monoisotopic (exact) mass is 456 g/mol. The highest BCUT2D eigenvalue weighted by Crippen LogP contribution is 2.47. The minimum Gasteiger partial charge on any atom is -0.308 e. The minimum atomic E-state index is 0.866. The van der Waals surface area contributed by atoms with Crippen molar-refractivity contribution in [1.82, 2.24) is 15.0 Å². The number of hydrogen-bond donors (Lipinski definition) is 0. The molecule has 0 saturated heterocycles. The third kappa shape index (κ3) is 3.66. The van der Waals surface area contributed by atoms with Crippen molar-refractivity contribution in [1.29, 1.82) is 0 Å². The van der Waals surface area contributed by atoms with Crippen LogP contribution in [0.1, 0.15) is 0 Å². The fourth-order valence-corrected chi connectivity index (χ4v) is 5.26. The van der Waals surface area contributed by atoms with Gasteiger partial charge in [0.25, 0.3) is 0 Å². The Hall–Kier alpha value is -4.22. The number of fused-ring (bicyclic) bond motifs is 2. The summed E-state index contributed by atoms with van der Waals surface area (Å²) in [7, 11) is 0. The summed E-state index contributed by atoms with van der Waals surface area (Å²) in [6.07, 6.45) is 7.18. The SMILES string of the molecule is c1ccc(N(c2ccccc2)c2c3ccccc3c(Sc3ccncc3)c3nccnc23)cc1. The summed E-state index contributed by atoms with van der Waals surface area (Å²) in [6, 6.07) is 33.4. The molecule has 0 fully saturated rings. The number of rotatable bonds is 5. The molecule has 6 rings (SSSR count). The van der Waals surface area contributed by atoms with Crippen LogP contribution in [0.25, 0.3) is 21.8 Å². The standard InChI is InChI=1S/C29H20N4S/c1-3-9-21(10-4-1)33(22-11-5-2-6-12-22)28-24-13-7-8-14-25(24)29(27-26(28)31-19-20-32-27)34-23-15-17-30-18-16-23/h1-20H. The van der Waals surface area contributed by atoms with E-state index in [0.29, 0.717) is 0 Å². The maximum Gasteiger partial charge on any atom is 0.114 e. The van der Waals surface area contributed by atoms with Crippen molar-refractivity contribution in [3.05, 3.63) is 122 Å². The Morgan fingerprint density at radius 1 is 0.529 bits per heavy atom. The molecule has 0 aliphatic heterocycles. The molecule has 0 atom stereocenters. The quantitative estimate of drug-likeness (QED) is 0.248. The molecule has 34 heavy (non-hydrogen) atoms. The summed E-state index contributed by atoms with van der Waals surface area (Å²) < 4.78 is 0. The van der Waals surface area contributed by atoms with Crippen LogP contribution < -0.4 is 4.90 Å². The maximum atomic E-state index is 4.88. The Bertz CT molecular complexity index is 1480. The first-order chi connectivity index (χ1) is 16.9. The number of para-hydroxylation sites is 2. The zero-order chi connectivity index (χ0) is 22.7. The minimum absolute atomic E-state index is 0.866. The van der Waals surface area contributed by atoms with Gasteiger partial charge in [-0.25, -0.2) is 0 Å². The molecule has 4 nitrogen and oxygen atoms in total. The predicted octanol–water partition coefficient (Wildman–Crippen LogP) is 7.80. The molecule has 2 heterocycles. The number of hydrogen-bond acceptors (Lipinski definition) is 5. The van der Waals surface area contributed by atoms with Crippen molar-refractivity contribution in [2.45, 2.75) is 9.79 Å². The van der Waals surface area contributed by atoms with Gasteiger partial charge in [-0.05, 0) is 36.4 Å². The summed E-state index contributed by atoms with van der Waals surface area (Å²) in [6.45, 7) is 0. The van der Waals surface area contributed by atoms with E-state index >= 15 is 0 Å². The van der Waals surface area contributed by atoms with Crippen molar-refractivity contribution in [2.24, 2.45) is 0 Å². The number of pyridine rings is 1. The van der Waals surface area contributed by atoms with Gasteiger partial charge in [-0.1, -0.05) is 72.4 Å². The molecule has 6 aromatic rings. The van der Waals surface area contributed by atoms with Crippen molar-refractivity contribution < 1.29 is 0 Å². The highest BCUT2D eigenvalue weighted by Gasteiger charge is 2.23. The molecule has 0 radical (unpaired) electrons. The van der Waals surface area contributed by atoms with E-state index in [2.05, 4.69) is 82.7 Å². The summed E-state index contributed by atoms with van der Waals surface area (Å²) in [5.74, 6) is 0. The first-order valence-corrected chi connectivity index (χ1v) is 11.9. The normalized spacial score (nSPS) is 11.1. The van der Waals surface area contributed by atoms with Crippen molar-refractivity contribution in [2.75, 3.05) is 4.90 Å². The van der Waals surface area contributed by atoms with Crippen molar-refractivity contribution in [3.8, 4) is 0 Å². The van der Waals surface area contributed by atoms with Gasteiger partial charge in [0, 0.05) is 56.7 Å². The van der Waals surface area contributed by atoms with E-state index < -0.39 is 0 Å². The van der Waals surface area contributed by atoms with Gasteiger partial charge in [-0.2, -0.15) is 0 Å². The van der Waals surface area contributed by atoms with Gasteiger partial charge in [0.15, 0.2) is 0 Å². The zero-order valence-corrected chi connectivity index (χ0v) is 19.1. The van der Waals surface area contributed by atoms with E-state index in [-0.39, 0.29) is 0 Å². The van der Waals surface area contributed by atoms with E-state index in [0.717, 1.165) is 48.7 Å². The van der Waals surface area contributed by atoms with E-state index in [4.69, 9.17) is 9.97 Å². The van der Waals surface area contributed by atoms with Gasteiger partial charge in [-0.15, -0.1) is 0 Å². The van der Waals surface area contributed by atoms with Crippen molar-refractivity contribution >= 4 is 50.6 Å². The topological polar surface area (TPSA) is 41.9 Å². The summed E-state index contributed by atoms with van der Waals surface area (Å²) in [5, 5.41) is 2.27. The Balaban J connectivity index is 1.70. The van der Waals surface area contributed by atoms with E-state index in [1.165, 1.54) is 0 Å². The second-order valence-corrected chi connectivity index (χ2v) is 8.85. The molecule has 4 aromatic carbocycles. The van der Waals surface area contributed by atoms with Gasteiger partial charge >= 0.3 is 0 Å². The zero-order valence-electron chi connectivity index (χ0n) is 18.2. The lowest BCUT2D eigenvalue weighted by Gasteiger charge is -2.28. The van der Waals surface area contributed by atoms with Gasteiger partial charge < -0.3 is 4.90 Å². The van der Waals surface area contributed by atoms with Gasteiger partial charge in [0.05, 0.1) is 5.69 Å². The van der Waals surface area contributed by atoms with Crippen LogP contribution in [-0.4, -0.2) is 15.0 Å². The molecule has 0 spiro atoms. The molecule has 0 saturated carbocycles. The summed E-state index contributed by atoms with van der Waals surface area (Å²) >= 11 is 1.70. The second kappa shape index (κ2) is 8.96. The van der Waals surface area contributed by atoms with E-state index in [1.807, 2.05) is 36.7 Å². The van der Waals surface area contributed by atoms with Crippen LogP contribution in [-0.2, 0) is 0 Å². The fraction of sp³-hybridized carbons (Fsp3) is 0. The molecule has 162 valence electrons. The number of nitrogens with zero attached hydrogens (tertiary/aromatic N) is 4. The Morgan fingerprint density at radius 3 is 1.74 bits per heavy atom. The molecular weight excluding hydrogens is 436 g/mol. The second-order valence-electron chi connectivity index (χ2n) is 7.77. The third-order valence-corrected chi connectivity index (χ3v) is 6.81. The molecule has 2 aromatic heterocycles. The van der Waals surface area contributed by atoms with Gasteiger partial charge in [0.2, 0.25) is 0 Å². The third-order valence-electron chi connectivity index (χ3n) is 5.69. The van der Waals surface area contributed by atoms with Crippen LogP contribution in [0.4, 0.5) is 17.1 Å². The molecule has 0 amide bonds.